The number of aryl methyl sites for hydroxylation is 1. The van der Waals surface area contributed by atoms with Gasteiger partial charge in [0.25, 0.3) is 0 Å². The number of rotatable bonds is 8. The molecule has 8 heteroatoms. The molecule has 4 aromatic rings. The predicted octanol–water partition coefficient (Wildman–Crippen LogP) is 4.67. The first-order chi connectivity index (χ1) is 17.0. The molecule has 8 nitrogen and oxygen atoms in total. The van der Waals surface area contributed by atoms with Gasteiger partial charge >= 0.3 is 0 Å². The van der Waals surface area contributed by atoms with Crippen LogP contribution in [0.3, 0.4) is 0 Å². The average molecular weight is 473 g/mol. The second-order valence-electron chi connectivity index (χ2n) is 9.08. The molecule has 0 radical (unpaired) electrons. The van der Waals surface area contributed by atoms with Gasteiger partial charge in [-0.2, -0.15) is 5.10 Å². The molecule has 1 atom stereocenters. The Morgan fingerprint density at radius 3 is 2.46 bits per heavy atom. The van der Waals surface area contributed by atoms with E-state index >= 15 is 0 Å². The minimum absolute atomic E-state index is 0.612. The smallest absolute Gasteiger partial charge is 0.124 e. The number of methoxy groups -OCH3 is 2. The van der Waals surface area contributed by atoms with Crippen molar-refractivity contribution in [3.05, 3.63) is 55.0 Å². The highest BCUT2D eigenvalue weighted by Crippen LogP contribution is 2.34. The van der Waals surface area contributed by atoms with E-state index in [-0.39, 0.29) is 0 Å². The Bertz CT molecular complexity index is 1300. The molecule has 0 aliphatic carbocycles. The number of ether oxygens (including phenoxy) is 2. The lowest BCUT2D eigenvalue weighted by atomic mass is 10.2. The molecule has 0 amide bonds. The molecule has 0 saturated carbocycles. The zero-order valence-electron chi connectivity index (χ0n) is 20.8. The third-order valence-electron chi connectivity index (χ3n) is 6.79. The van der Waals surface area contributed by atoms with Crippen molar-refractivity contribution in [2.24, 2.45) is 7.05 Å². The zero-order chi connectivity index (χ0) is 24.4. The van der Waals surface area contributed by atoms with Gasteiger partial charge in [0.15, 0.2) is 0 Å². The standard InChI is InChI=1S/C27H32N6O2/c1-19-6-5-9-32(19)10-11-33(22-12-23(34-3)15-24(13-22)35-4)21-7-8-25-26(14-21)30-27(17-28-25)20-16-29-31(2)18-20/h7-8,12-19H,5-6,9-11H2,1-4H3/t19-/m1/s1. The van der Waals surface area contributed by atoms with Crippen molar-refractivity contribution < 1.29 is 9.47 Å². The monoisotopic (exact) mass is 472 g/mol. The quantitative estimate of drug-likeness (QED) is 0.369. The molecule has 3 heterocycles. The molecular formula is C27H32N6O2. The highest BCUT2D eigenvalue weighted by molar-refractivity contribution is 5.82. The maximum absolute atomic E-state index is 5.57. The number of anilines is 2. The largest absolute Gasteiger partial charge is 0.497 e. The molecule has 2 aromatic carbocycles. The van der Waals surface area contributed by atoms with Crippen molar-refractivity contribution in [1.29, 1.82) is 0 Å². The summed E-state index contributed by atoms with van der Waals surface area (Å²) < 4.78 is 12.9. The Hall–Kier alpha value is -3.65. The van der Waals surface area contributed by atoms with E-state index in [1.54, 1.807) is 25.1 Å². The Balaban J connectivity index is 1.54. The van der Waals surface area contributed by atoms with E-state index in [1.807, 2.05) is 31.6 Å². The third-order valence-corrected chi connectivity index (χ3v) is 6.79. The Morgan fingerprint density at radius 2 is 1.80 bits per heavy atom. The number of nitrogens with zero attached hydrogens (tertiary/aromatic N) is 6. The highest BCUT2D eigenvalue weighted by Gasteiger charge is 2.22. The first-order valence-corrected chi connectivity index (χ1v) is 12.0. The maximum Gasteiger partial charge on any atom is 0.124 e. The first kappa shape index (κ1) is 23.1. The number of likely N-dealkylation sites (tertiary alicyclic amines) is 1. The predicted molar refractivity (Wildman–Crippen MR) is 139 cm³/mol. The Kier molecular flexibility index (Phi) is 6.55. The SMILES string of the molecule is COc1cc(OC)cc(N(CCN2CCC[C@H]2C)c2ccc3ncc(-c4cnn(C)c4)nc3c2)c1. The average Bonchev–Trinajstić information content (AvgIpc) is 3.51. The van der Waals surface area contributed by atoms with Crippen molar-refractivity contribution in [3.8, 4) is 22.8 Å². The molecule has 1 fully saturated rings. The van der Waals surface area contributed by atoms with E-state index in [1.165, 1.54) is 12.8 Å². The van der Waals surface area contributed by atoms with E-state index in [0.29, 0.717) is 6.04 Å². The fourth-order valence-corrected chi connectivity index (χ4v) is 4.77. The summed E-state index contributed by atoms with van der Waals surface area (Å²) in [5.41, 5.74) is 5.53. The van der Waals surface area contributed by atoms with E-state index in [4.69, 9.17) is 14.5 Å². The number of benzene rings is 2. The summed E-state index contributed by atoms with van der Waals surface area (Å²) >= 11 is 0. The zero-order valence-corrected chi connectivity index (χ0v) is 20.8. The number of aromatic nitrogens is 4. The third kappa shape index (κ3) is 4.93. The van der Waals surface area contributed by atoms with Crippen molar-refractivity contribution in [2.45, 2.75) is 25.8 Å². The molecular weight excluding hydrogens is 440 g/mol. The fraction of sp³-hybridized carbons (Fsp3) is 0.370. The van der Waals surface area contributed by atoms with E-state index in [9.17, 15) is 0 Å². The minimum Gasteiger partial charge on any atom is -0.497 e. The van der Waals surface area contributed by atoms with Crippen LogP contribution in [0.4, 0.5) is 11.4 Å². The van der Waals surface area contributed by atoms with Crippen LogP contribution in [0.5, 0.6) is 11.5 Å². The number of hydrogen-bond acceptors (Lipinski definition) is 7. The van der Waals surface area contributed by atoms with Crippen LogP contribution in [-0.2, 0) is 7.05 Å². The number of fused-ring (bicyclic) bond motifs is 1. The number of hydrogen-bond donors (Lipinski definition) is 0. The molecule has 0 spiro atoms. The van der Waals surface area contributed by atoms with Crippen molar-refractivity contribution in [3.63, 3.8) is 0 Å². The van der Waals surface area contributed by atoms with Crippen molar-refractivity contribution >= 4 is 22.4 Å². The lowest BCUT2D eigenvalue weighted by Gasteiger charge is -2.30. The summed E-state index contributed by atoms with van der Waals surface area (Å²) in [7, 11) is 5.26. The molecule has 182 valence electrons. The van der Waals surface area contributed by atoms with Crippen LogP contribution in [0, 0.1) is 0 Å². The van der Waals surface area contributed by atoms with Crippen LogP contribution in [0.15, 0.2) is 55.0 Å². The van der Waals surface area contributed by atoms with Crippen LogP contribution in [-0.4, -0.2) is 64.5 Å². The molecule has 0 unspecified atom stereocenters. The van der Waals surface area contributed by atoms with Crippen molar-refractivity contribution in [2.75, 3.05) is 38.8 Å². The summed E-state index contributed by atoms with van der Waals surface area (Å²) in [6, 6.07) is 12.9. The minimum atomic E-state index is 0.612. The Morgan fingerprint density at radius 1 is 1.00 bits per heavy atom. The molecule has 5 rings (SSSR count). The molecule has 1 aliphatic rings. The van der Waals surface area contributed by atoms with E-state index in [2.05, 4.69) is 51.1 Å². The van der Waals surface area contributed by atoms with Crippen LogP contribution < -0.4 is 14.4 Å². The summed E-state index contributed by atoms with van der Waals surface area (Å²) in [6.45, 7) is 5.27. The Labute approximate surface area is 206 Å². The van der Waals surface area contributed by atoms with Crippen molar-refractivity contribution in [1.82, 2.24) is 24.6 Å². The summed E-state index contributed by atoms with van der Waals surface area (Å²) in [4.78, 5) is 14.4. The van der Waals surface area contributed by atoms with Gasteiger partial charge in [-0.3, -0.25) is 14.6 Å². The molecule has 0 N–H and O–H groups in total. The first-order valence-electron chi connectivity index (χ1n) is 12.0. The van der Waals surface area contributed by atoms with Gasteiger partial charge in [0.1, 0.15) is 11.5 Å². The summed E-state index contributed by atoms with van der Waals surface area (Å²) in [6.07, 6.45) is 8.09. The summed E-state index contributed by atoms with van der Waals surface area (Å²) in [5.74, 6) is 1.52. The van der Waals surface area contributed by atoms with Gasteiger partial charge < -0.3 is 14.4 Å². The van der Waals surface area contributed by atoms with Gasteiger partial charge in [0, 0.05) is 67.5 Å². The fourth-order valence-electron chi connectivity index (χ4n) is 4.77. The molecule has 0 bridgehead atoms. The normalized spacial score (nSPS) is 16.1. The maximum atomic E-state index is 5.57. The lowest BCUT2D eigenvalue weighted by molar-refractivity contribution is 0.276. The molecule has 35 heavy (non-hydrogen) atoms. The van der Waals surface area contributed by atoms with Gasteiger partial charge in [-0.05, 0) is 44.5 Å². The van der Waals surface area contributed by atoms with Crippen LogP contribution in [0.2, 0.25) is 0 Å². The van der Waals surface area contributed by atoms with Gasteiger partial charge in [-0.15, -0.1) is 0 Å². The van der Waals surface area contributed by atoms with E-state index < -0.39 is 0 Å². The highest BCUT2D eigenvalue weighted by atomic mass is 16.5. The second-order valence-corrected chi connectivity index (χ2v) is 9.08. The summed E-state index contributed by atoms with van der Waals surface area (Å²) in [5, 5.41) is 4.27. The van der Waals surface area contributed by atoms with Crippen LogP contribution in [0.1, 0.15) is 19.8 Å². The van der Waals surface area contributed by atoms with Gasteiger partial charge in [0.05, 0.1) is 43.3 Å². The molecule has 1 aliphatic heterocycles. The van der Waals surface area contributed by atoms with Gasteiger partial charge in [0.2, 0.25) is 0 Å². The molecule has 1 saturated heterocycles. The molecule has 2 aromatic heterocycles. The van der Waals surface area contributed by atoms with Crippen LogP contribution >= 0.6 is 0 Å². The van der Waals surface area contributed by atoms with Gasteiger partial charge in [-0.25, -0.2) is 4.98 Å². The van der Waals surface area contributed by atoms with Crippen LogP contribution in [0.25, 0.3) is 22.3 Å². The van der Waals surface area contributed by atoms with E-state index in [0.717, 1.165) is 64.8 Å². The topological polar surface area (TPSA) is 68.5 Å². The lowest BCUT2D eigenvalue weighted by Crippen LogP contribution is -2.35. The second kappa shape index (κ2) is 9.92. The van der Waals surface area contributed by atoms with Gasteiger partial charge in [-0.1, -0.05) is 0 Å².